The zero-order chi connectivity index (χ0) is 32.8. The zero-order valence-corrected chi connectivity index (χ0v) is 28.2. The molecule has 4 aromatic rings. The molecule has 0 fully saturated rings. The minimum atomic E-state index is -4.28. The highest BCUT2D eigenvalue weighted by molar-refractivity contribution is 7.92. The van der Waals surface area contributed by atoms with Crippen LogP contribution in [0.3, 0.4) is 0 Å². The number of carbonyl (C=O) groups is 2. The number of carbonyl (C=O) groups excluding carboxylic acids is 2. The third kappa shape index (κ3) is 8.79. The number of hydrogen-bond acceptors (Lipinski definition) is 4. The molecule has 0 spiro atoms. The van der Waals surface area contributed by atoms with Crippen LogP contribution in [0.25, 0.3) is 0 Å². The fourth-order valence-electron chi connectivity index (χ4n) is 4.75. The van der Waals surface area contributed by atoms with E-state index in [0.29, 0.717) is 15.6 Å². The number of halogens is 3. The van der Waals surface area contributed by atoms with E-state index in [9.17, 15) is 18.0 Å². The Morgan fingerprint density at radius 1 is 0.756 bits per heavy atom. The zero-order valence-electron chi connectivity index (χ0n) is 25.1. The number of hydrogen-bond donors (Lipinski definition) is 1. The maximum atomic E-state index is 14.6. The van der Waals surface area contributed by atoms with Crippen LogP contribution in [0.15, 0.2) is 108 Å². The lowest BCUT2D eigenvalue weighted by Gasteiger charge is -2.35. The molecule has 45 heavy (non-hydrogen) atoms. The van der Waals surface area contributed by atoms with Crippen LogP contribution in [0, 0.1) is 0 Å². The standard InChI is InChI=1S/C34H34Cl3N3O4S/c1-34(2,3)38-33(42)31(21-24-13-6-4-7-14-24)39(22-26-27(35)18-12-19-28(26)36)32(41)23-40(30-20-11-10-17-29(30)37)45(43,44)25-15-8-5-9-16-25/h4-20,31H,21-23H2,1-3H3,(H,38,42)/t31-/m0/s1. The second-order valence-corrected chi connectivity index (χ2v) is 14.5. The molecule has 0 radical (unpaired) electrons. The van der Waals surface area contributed by atoms with Gasteiger partial charge in [0.05, 0.1) is 15.6 Å². The van der Waals surface area contributed by atoms with Gasteiger partial charge in [-0.2, -0.15) is 0 Å². The molecule has 2 amide bonds. The average Bonchev–Trinajstić information content (AvgIpc) is 2.99. The van der Waals surface area contributed by atoms with Crippen LogP contribution in [0.2, 0.25) is 15.1 Å². The van der Waals surface area contributed by atoms with Gasteiger partial charge in [-0.3, -0.25) is 13.9 Å². The van der Waals surface area contributed by atoms with Gasteiger partial charge in [-0.15, -0.1) is 0 Å². The van der Waals surface area contributed by atoms with E-state index in [-0.39, 0.29) is 28.6 Å². The monoisotopic (exact) mass is 685 g/mol. The Bertz CT molecular complexity index is 1730. The molecule has 0 unspecified atom stereocenters. The number of nitrogens with one attached hydrogen (secondary N) is 1. The number of benzene rings is 4. The highest BCUT2D eigenvalue weighted by Gasteiger charge is 2.36. The van der Waals surface area contributed by atoms with Crippen LogP contribution in [0.5, 0.6) is 0 Å². The van der Waals surface area contributed by atoms with Gasteiger partial charge in [-0.25, -0.2) is 8.42 Å². The van der Waals surface area contributed by atoms with Crippen molar-refractivity contribution < 1.29 is 18.0 Å². The van der Waals surface area contributed by atoms with E-state index in [0.717, 1.165) is 9.87 Å². The molecule has 0 aliphatic carbocycles. The molecule has 4 rings (SSSR count). The molecule has 0 saturated carbocycles. The summed E-state index contributed by atoms with van der Waals surface area (Å²) in [4.78, 5) is 29.8. The van der Waals surface area contributed by atoms with E-state index in [1.807, 2.05) is 51.1 Å². The van der Waals surface area contributed by atoms with Crippen molar-refractivity contribution in [2.24, 2.45) is 0 Å². The fourth-order valence-corrected chi connectivity index (χ4v) is 7.01. The summed E-state index contributed by atoms with van der Waals surface area (Å²) >= 11 is 19.6. The summed E-state index contributed by atoms with van der Waals surface area (Å²) in [5, 5.41) is 3.73. The molecule has 11 heteroatoms. The van der Waals surface area contributed by atoms with Crippen molar-refractivity contribution in [1.29, 1.82) is 0 Å². The molecule has 236 valence electrons. The van der Waals surface area contributed by atoms with Gasteiger partial charge in [0.1, 0.15) is 12.6 Å². The number of nitrogens with zero attached hydrogens (tertiary/aromatic N) is 2. The predicted molar refractivity (Wildman–Crippen MR) is 181 cm³/mol. The van der Waals surface area contributed by atoms with Crippen molar-refractivity contribution in [2.45, 2.75) is 50.2 Å². The maximum Gasteiger partial charge on any atom is 0.264 e. The molecule has 0 aliphatic heterocycles. The Balaban J connectivity index is 1.86. The number of rotatable bonds is 11. The number of anilines is 1. The summed E-state index contributed by atoms with van der Waals surface area (Å²) in [5.74, 6) is -1.08. The van der Waals surface area contributed by atoms with Crippen LogP contribution < -0.4 is 9.62 Å². The SMILES string of the molecule is CC(C)(C)NC(=O)[C@H](Cc1ccccc1)N(Cc1c(Cl)cccc1Cl)C(=O)CN(c1ccccc1Cl)S(=O)(=O)c1ccccc1. The molecule has 0 bridgehead atoms. The first-order chi connectivity index (χ1) is 21.3. The summed E-state index contributed by atoms with van der Waals surface area (Å²) in [7, 11) is -4.28. The number of para-hydroxylation sites is 1. The molecular formula is C34H34Cl3N3O4S. The Kier molecular flexibility index (Phi) is 11.2. The van der Waals surface area contributed by atoms with Crippen molar-refractivity contribution >= 4 is 62.3 Å². The van der Waals surface area contributed by atoms with Crippen LogP contribution >= 0.6 is 34.8 Å². The minimum absolute atomic E-state index is 0.0234. The number of amides is 2. The van der Waals surface area contributed by atoms with Gasteiger partial charge in [-0.1, -0.05) is 102 Å². The summed E-state index contributed by atoms with van der Waals surface area (Å²) in [6, 6.07) is 27.3. The third-order valence-electron chi connectivity index (χ3n) is 6.89. The minimum Gasteiger partial charge on any atom is -0.350 e. The number of sulfonamides is 1. The second kappa shape index (κ2) is 14.7. The van der Waals surface area contributed by atoms with Crippen molar-refractivity contribution in [3.8, 4) is 0 Å². The topological polar surface area (TPSA) is 86.8 Å². The molecule has 0 saturated heterocycles. The lowest BCUT2D eigenvalue weighted by molar-refractivity contribution is -0.140. The highest BCUT2D eigenvalue weighted by atomic mass is 35.5. The maximum absolute atomic E-state index is 14.6. The van der Waals surface area contributed by atoms with Gasteiger partial charge >= 0.3 is 0 Å². The van der Waals surface area contributed by atoms with Gasteiger partial charge in [0.25, 0.3) is 10.0 Å². The fraction of sp³-hybridized carbons (Fsp3) is 0.235. The molecule has 0 aliphatic rings. The van der Waals surface area contributed by atoms with Crippen molar-refractivity contribution in [2.75, 3.05) is 10.8 Å². The van der Waals surface area contributed by atoms with E-state index < -0.39 is 40.0 Å². The molecule has 4 aromatic carbocycles. The van der Waals surface area contributed by atoms with Gasteiger partial charge in [0.15, 0.2) is 0 Å². The Hall–Kier alpha value is -3.56. The molecule has 0 heterocycles. The van der Waals surface area contributed by atoms with E-state index >= 15 is 0 Å². The van der Waals surface area contributed by atoms with Gasteiger partial charge in [-0.05, 0) is 62.7 Å². The third-order valence-corrected chi connectivity index (χ3v) is 9.69. The quantitative estimate of drug-likeness (QED) is 0.178. The summed E-state index contributed by atoms with van der Waals surface area (Å²) in [5.41, 5.74) is 0.717. The van der Waals surface area contributed by atoms with Crippen LogP contribution in [0.4, 0.5) is 5.69 Å². The highest BCUT2D eigenvalue weighted by Crippen LogP contribution is 2.32. The van der Waals surface area contributed by atoms with E-state index in [1.54, 1.807) is 54.6 Å². The Labute approximate surface area is 279 Å². The molecular weight excluding hydrogens is 653 g/mol. The lowest BCUT2D eigenvalue weighted by Crippen LogP contribution is -2.56. The summed E-state index contributed by atoms with van der Waals surface area (Å²) in [6.45, 7) is 4.71. The molecule has 0 aromatic heterocycles. The van der Waals surface area contributed by atoms with Crippen molar-refractivity contribution in [1.82, 2.24) is 10.2 Å². The van der Waals surface area contributed by atoms with E-state index in [4.69, 9.17) is 34.8 Å². The lowest BCUT2D eigenvalue weighted by atomic mass is 10.0. The largest absolute Gasteiger partial charge is 0.350 e. The first-order valence-electron chi connectivity index (χ1n) is 14.2. The normalized spacial score (nSPS) is 12.3. The first kappa shape index (κ1) is 34.3. The van der Waals surface area contributed by atoms with Gasteiger partial charge < -0.3 is 10.2 Å². The van der Waals surface area contributed by atoms with E-state index in [1.165, 1.54) is 23.1 Å². The van der Waals surface area contributed by atoms with Gasteiger partial charge in [0.2, 0.25) is 11.8 Å². The molecule has 7 nitrogen and oxygen atoms in total. The van der Waals surface area contributed by atoms with E-state index in [2.05, 4.69) is 5.32 Å². The van der Waals surface area contributed by atoms with Crippen molar-refractivity contribution in [3.05, 3.63) is 129 Å². The van der Waals surface area contributed by atoms with Gasteiger partial charge in [0, 0.05) is 34.1 Å². The smallest absolute Gasteiger partial charge is 0.264 e. The summed E-state index contributed by atoms with van der Waals surface area (Å²) < 4.78 is 29.1. The average molecular weight is 687 g/mol. The Morgan fingerprint density at radius 2 is 1.29 bits per heavy atom. The summed E-state index contributed by atoms with van der Waals surface area (Å²) in [6.07, 6.45) is 0.147. The molecule has 1 N–H and O–H groups in total. The first-order valence-corrected chi connectivity index (χ1v) is 16.8. The Morgan fingerprint density at radius 3 is 1.87 bits per heavy atom. The second-order valence-electron chi connectivity index (χ2n) is 11.4. The molecule has 1 atom stereocenters. The predicted octanol–water partition coefficient (Wildman–Crippen LogP) is 7.40. The van der Waals surface area contributed by atoms with Crippen LogP contribution in [-0.2, 0) is 32.6 Å². The van der Waals surface area contributed by atoms with Crippen LogP contribution in [0.1, 0.15) is 31.9 Å². The van der Waals surface area contributed by atoms with Crippen LogP contribution in [-0.4, -0.2) is 43.3 Å². The van der Waals surface area contributed by atoms with Crippen molar-refractivity contribution in [3.63, 3.8) is 0 Å².